The summed E-state index contributed by atoms with van der Waals surface area (Å²) in [7, 11) is 0. The fourth-order valence-electron chi connectivity index (χ4n) is 7.63. The van der Waals surface area contributed by atoms with E-state index in [1.165, 1.54) is 84.0 Å². The molecule has 0 N–H and O–H groups in total. The summed E-state index contributed by atoms with van der Waals surface area (Å²) < 4.78 is 6.01. The smallest absolute Gasteiger partial charge is 0.135 e. The predicted octanol–water partition coefficient (Wildman–Crippen LogP) is 17.6. The van der Waals surface area contributed by atoms with Gasteiger partial charge in [0, 0.05) is 10.8 Å². The Kier molecular flexibility index (Phi) is 15.5. The molecule has 1 nitrogen and oxygen atoms in total. The van der Waals surface area contributed by atoms with Crippen molar-refractivity contribution in [3.05, 3.63) is 222 Å². The number of furan rings is 1. The van der Waals surface area contributed by atoms with Crippen LogP contribution >= 0.6 is 0 Å². The highest BCUT2D eigenvalue weighted by molar-refractivity contribution is 6.06. The second-order valence-electron chi connectivity index (χ2n) is 15.6. The molecule has 0 spiro atoms. The van der Waals surface area contributed by atoms with E-state index < -0.39 is 0 Å². The Labute approximate surface area is 359 Å². The van der Waals surface area contributed by atoms with Gasteiger partial charge >= 0.3 is 0 Å². The van der Waals surface area contributed by atoms with Crippen LogP contribution in [0.15, 0.2) is 193 Å². The van der Waals surface area contributed by atoms with Crippen LogP contribution in [0.4, 0.5) is 0 Å². The van der Waals surface area contributed by atoms with Crippen LogP contribution in [0.1, 0.15) is 86.8 Å². The molecule has 0 atom stereocenters. The standard InChI is InChI=1S/C34H32O.C16H18.C9H10/c1-4-8-28(25-14-12-24(3)13-15-25)22-29(9-5-2)26-16-18-27(19-17-26)30-20-21-34-32(23-30)31-10-6-7-11-33(31)35-34;1-3-8-14-10-5-7-12-16(14)15-11-6-4-9-13(15)2;1-8(2)9-6-4-3-5-7-9/h6-7,9-23H,4-5,8H2,1-3H3;4-7,9-12H,3,8H2,1-2H3;3-7H,1H2,2H3/b28-22+,29-9-;;. The minimum absolute atomic E-state index is 0.935. The third-order valence-corrected chi connectivity index (χ3v) is 10.9. The second-order valence-corrected chi connectivity index (χ2v) is 15.6. The number of benzene rings is 7. The Morgan fingerprint density at radius 1 is 0.550 bits per heavy atom. The summed E-state index contributed by atoms with van der Waals surface area (Å²) in [6, 6.07) is 60.1. The Morgan fingerprint density at radius 2 is 1.17 bits per heavy atom. The van der Waals surface area contributed by atoms with E-state index in [4.69, 9.17) is 4.42 Å². The van der Waals surface area contributed by atoms with Crippen LogP contribution in [0.3, 0.4) is 0 Å². The summed E-state index contributed by atoms with van der Waals surface area (Å²) in [6.07, 6.45) is 10.3. The molecule has 0 saturated carbocycles. The first-order valence-electron chi connectivity index (χ1n) is 21.6. The lowest BCUT2D eigenvalue weighted by Gasteiger charge is -2.11. The molecule has 8 rings (SSSR count). The van der Waals surface area contributed by atoms with Crippen molar-refractivity contribution in [2.24, 2.45) is 0 Å². The summed E-state index contributed by atoms with van der Waals surface area (Å²) in [5, 5.41) is 2.33. The van der Waals surface area contributed by atoms with Crippen molar-refractivity contribution in [2.45, 2.75) is 73.6 Å². The number of aryl methyl sites for hydroxylation is 3. The molecular formula is C59H60O. The minimum Gasteiger partial charge on any atom is -0.456 e. The van der Waals surface area contributed by atoms with Crippen LogP contribution in [-0.2, 0) is 6.42 Å². The zero-order chi connectivity index (χ0) is 42.3. The van der Waals surface area contributed by atoms with Crippen LogP contribution < -0.4 is 0 Å². The first-order valence-corrected chi connectivity index (χ1v) is 21.6. The van der Waals surface area contributed by atoms with Gasteiger partial charge in [-0.3, -0.25) is 0 Å². The first-order chi connectivity index (χ1) is 29.3. The van der Waals surface area contributed by atoms with Crippen molar-refractivity contribution in [2.75, 3.05) is 0 Å². The molecule has 0 radical (unpaired) electrons. The van der Waals surface area contributed by atoms with Crippen LogP contribution in [0.25, 0.3) is 60.9 Å². The number of rotatable bonds is 11. The summed E-state index contributed by atoms with van der Waals surface area (Å²) in [5.74, 6) is 0. The molecular weight excluding hydrogens is 725 g/mol. The summed E-state index contributed by atoms with van der Waals surface area (Å²) in [6.45, 7) is 16.8. The summed E-state index contributed by atoms with van der Waals surface area (Å²) in [4.78, 5) is 0. The molecule has 8 aromatic rings. The highest BCUT2D eigenvalue weighted by atomic mass is 16.3. The van der Waals surface area contributed by atoms with Gasteiger partial charge in [-0.15, -0.1) is 0 Å². The van der Waals surface area contributed by atoms with Gasteiger partial charge in [0.15, 0.2) is 0 Å². The van der Waals surface area contributed by atoms with Gasteiger partial charge in [-0.2, -0.15) is 0 Å². The Hall–Kier alpha value is -6.44. The van der Waals surface area contributed by atoms with Gasteiger partial charge in [0.1, 0.15) is 11.2 Å². The molecule has 302 valence electrons. The van der Waals surface area contributed by atoms with E-state index in [0.717, 1.165) is 42.4 Å². The number of hydrogen-bond acceptors (Lipinski definition) is 1. The van der Waals surface area contributed by atoms with Crippen molar-refractivity contribution < 1.29 is 4.42 Å². The number of hydrogen-bond donors (Lipinski definition) is 0. The summed E-state index contributed by atoms with van der Waals surface area (Å²) >= 11 is 0. The fraction of sp³-hybridized carbons (Fsp3) is 0.186. The topological polar surface area (TPSA) is 13.1 Å². The second kappa shape index (κ2) is 21.5. The largest absolute Gasteiger partial charge is 0.456 e. The molecule has 0 aliphatic heterocycles. The van der Waals surface area contributed by atoms with Crippen LogP contribution in [-0.4, -0.2) is 0 Å². The summed E-state index contributed by atoms with van der Waals surface area (Å²) in [5.41, 5.74) is 18.8. The number of allylic oxidation sites excluding steroid dienone is 5. The molecule has 0 bridgehead atoms. The van der Waals surface area contributed by atoms with Crippen molar-refractivity contribution in [1.82, 2.24) is 0 Å². The SMILES string of the molecule is C=C(C)c1ccccc1.CC/C=C(/C=C(\CCC)c1ccc(C)cc1)c1ccc(-c2ccc3oc4ccccc4c3c2)cc1.CCCc1ccccc1-c1ccccc1C. The average molecular weight is 785 g/mol. The van der Waals surface area contributed by atoms with Crippen molar-refractivity contribution in [3.8, 4) is 22.3 Å². The van der Waals surface area contributed by atoms with E-state index in [-0.39, 0.29) is 0 Å². The molecule has 1 aromatic heterocycles. The van der Waals surface area contributed by atoms with Crippen LogP contribution in [0, 0.1) is 13.8 Å². The normalized spacial score (nSPS) is 11.4. The third kappa shape index (κ3) is 11.2. The zero-order valence-corrected chi connectivity index (χ0v) is 36.5. The van der Waals surface area contributed by atoms with Gasteiger partial charge in [0.2, 0.25) is 0 Å². The third-order valence-electron chi connectivity index (χ3n) is 10.9. The molecule has 7 aromatic carbocycles. The number of para-hydroxylation sites is 1. The zero-order valence-electron chi connectivity index (χ0n) is 36.5. The van der Waals surface area contributed by atoms with E-state index in [1.807, 2.05) is 37.3 Å². The van der Waals surface area contributed by atoms with Gasteiger partial charge < -0.3 is 4.42 Å². The molecule has 0 unspecified atom stereocenters. The maximum absolute atomic E-state index is 6.01. The number of fused-ring (bicyclic) bond motifs is 3. The van der Waals surface area contributed by atoms with Gasteiger partial charge in [-0.05, 0) is 119 Å². The van der Waals surface area contributed by atoms with Crippen molar-refractivity contribution >= 4 is 38.7 Å². The lowest BCUT2D eigenvalue weighted by atomic mass is 9.94. The Balaban J connectivity index is 0.000000197. The van der Waals surface area contributed by atoms with Crippen LogP contribution in [0.2, 0.25) is 0 Å². The maximum Gasteiger partial charge on any atom is 0.135 e. The van der Waals surface area contributed by atoms with Gasteiger partial charge in [-0.25, -0.2) is 0 Å². The maximum atomic E-state index is 6.01. The van der Waals surface area contributed by atoms with E-state index in [2.05, 4.69) is 193 Å². The first kappa shape index (κ1) is 43.1. The highest BCUT2D eigenvalue weighted by Gasteiger charge is 2.10. The molecule has 0 fully saturated rings. The molecule has 1 heterocycles. The monoisotopic (exact) mass is 784 g/mol. The minimum atomic E-state index is 0.935. The van der Waals surface area contributed by atoms with Crippen molar-refractivity contribution in [1.29, 1.82) is 0 Å². The van der Waals surface area contributed by atoms with E-state index in [1.54, 1.807) is 0 Å². The van der Waals surface area contributed by atoms with Gasteiger partial charge in [0.25, 0.3) is 0 Å². The quantitative estimate of drug-likeness (QED) is 0.119. The van der Waals surface area contributed by atoms with Crippen molar-refractivity contribution in [3.63, 3.8) is 0 Å². The Morgan fingerprint density at radius 3 is 1.83 bits per heavy atom. The van der Waals surface area contributed by atoms with Gasteiger partial charge in [0.05, 0.1) is 0 Å². The van der Waals surface area contributed by atoms with E-state index in [0.29, 0.717) is 0 Å². The van der Waals surface area contributed by atoms with Gasteiger partial charge in [-0.1, -0.05) is 215 Å². The molecule has 0 saturated heterocycles. The highest BCUT2D eigenvalue weighted by Crippen LogP contribution is 2.34. The predicted molar refractivity (Wildman–Crippen MR) is 263 cm³/mol. The molecule has 0 amide bonds. The fourth-order valence-corrected chi connectivity index (χ4v) is 7.63. The van der Waals surface area contributed by atoms with E-state index >= 15 is 0 Å². The average Bonchev–Trinajstić information content (AvgIpc) is 3.66. The lowest BCUT2D eigenvalue weighted by molar-refractivity contribution is 0.669. The van der Waals surface area contributed by atoms with E-state index in [9.17, 15) is 0 Å². The Bertz CT molecular complexity index is 2670. The molecule has 1 heteroatoms. The lowest BCUT2D eigenvalue weighted by Crippen LogP contribution is -1.90. The molecule has 0 aliphatic rings. The molecule has 60 heavy (non-hydrogen) atoms. The van der Waals surface area contributed by atoms with Crippen LogP contribution in [0.5, 0.6) is 0 Å². The molecule has 0 aliphatic carbocycles.